The number of unbranched alkanes of at least 4 members (excludes halogenated alkanes) is 1. The third-order valence-corrected chi connectivity index (χ3v) is 5.84. The number of rotatable bonds is 7. The number of aryl methyl sites for hydroxylation is 2. The highest BCUT2D eigenvalue weighted by atomic mass is 32.2. The van der Waals surface area contributed by atoms with Crippen molar-refractivity contribution in [2.75, 3.05) is 6.54 Å². The average molecular weight is 413 g/mol. The zero-order valence-corrected chi connectivity index (χ0v) is 17.6. The first-order valence-electron chi connectivity index (χ1n) is 9.57. The molecule has 0 aliphatic carbocycles. The van der Waals surface area contributed by atoms with Crippen LogP contribution in [0.3, 0.4) is 0 Å². The zero-order chi connectivity index (χ0) is 21.1. The van der Waals surface area contributed by atoms with Crippen molar-refractivity contribution in [2.24, 2.45) is 0 Å². The van der Waals surface area contributed by atoms with Crippen molar-refractivity contribution in [3.05, 3.63) is 57.8 Å². The topological polar surface area (TPSA) is 79.6 Å². The molecule has 152 valence electrons. The summed E-state index contributed by atoms with van der Waals surface area (Å²) in [5.74, 6) is -1.78. The number of amides is 2. The number of carboxylic acids is 1. The summed E-state index contributed by atoms with van der Waals surface area (Å²) in [6, 6.07) is 10.4. The van der Waals surface area contributed by atoms with Crippen molar-refractivity contribution < 1.29 is 19.5 Å². The number of carboxylic acid groups (broad SMARTS) is 1. The van der Waals surface area contributed by atoms with Crippen molar-refractivity contribution in [1.82, 2.24) is 9.47 Å². The van der Waals surface area contributed by atoms with Crippen LogP contribution >= 0.6 is 11.8 Å². The molecule has 1 aliphatic rings. The Labute approximate surface area is 174 Å². The number of benzene rings is 1. The second-order valence-corrected chi connectivity index (χ2v) is 8.09. The van der Waals surface area contributed by atoms with E-state index in [2.05, 4.69) is 35.8 Å². The molecule has 0 bridgehead atoms. The van der Waals surface area contributed by atoms with E-state index in [1.54, 1.807) is 6.08 Å². The molecule has 0 saturated carbocycles. The van der Waals surface area contributed by atoms with Crippen LogP contribution in [0.1, 0.15) is 42.3 Å². The number of aromatic nitrogens is 1. The predicted octanol–water partition coefficient (Wildman–Crippen LogP) is 4.56. The van der Waals surface area contributed by atoms with E-state index < -0.39 is 23.7 Å². The molecule has 0 atom stereocenters. The van der Waals surface area contributed by atoms with Crippen LogP contribution in [0.5, 0.6) is 0 Å². The van der Waals surface area contributed by atoms with E-state index in [1.807, 2.05) is 19.9 Å². The Kier molecular flexibility index (Phi) is 6.27. The Morgan fingerprint density at radius 1 is 1.17 bits per heavy atom. The smallest absolute Gasteiger partial charge is 0.323 e. The summed E-state index contributed by atoms with van der Waals surface area (Å²) in [5.41, 5.74) is 5.15. The van der Waals surface area contributed by atoms with Gasteiger partial charge >= 0.3 is 5.97 Å². The van der Waals surface area contributed by atoms with Gasteiger partial charge in [0.15, 0.2) is 0 Å². The van der Waals surface area contributed by atoms with Crippen LogP contribution in [0.2, 0.25) is 0 Å². The van der Waals surface area contributed by atoms with E-state index in [0.29, 0.717) is 0 Å². The molecule has 0 unspecified atom stereocenters. The number of imide groups is 1. The van der Waals surface area contributed by atoms with Gasteiger partial charge in [0.2, 0.25) is 0 Å². The van der Waals surface area contributed by atoms with Gasteiger partial charge in [-0.05, 0) is 73.9 Å². The van der Waals surface area contributed by atoms with Crippen LogP contribution < -0.4 is 0 Å². The number of hydrogen-bond acceptors (Lipinski definition) is 4. The number of hydrogen-bond donors (Lipinski definition) is 1. The molecular weight excluding hydrogens is 388 g/mol. The molecule has 1 aliphatic heterocycles. The van der Waals surface area contributed by atoms with Gasteiger partial charge in [0.05, 0.1) is 4.91 Å². The minimum Gasteiger partial charge on any atom is -0.480 e. The molecule has 3 rings (SSSR count). The van der Waals surface area contributed by atoms with Crippen molar-refractivity contribution in [2.45, 2.75) is 40.0 Å². The zero-order valence-electron chi connectivity index (χ0n) is 16.8. The molecule has 2 aromatic rings. The molecule has 1 aromatic carbocycles. The first kappa shape index (κ1) is 20.9. The van der Waals surface area contributed by atoms with E-state index in [4.69, 9.17) is 5.11 Å². The number of carbonyl (C=O) groups excluding carboxylic acids is 2. The van der Waals surface area contributed by atoms with Crippen molar-refractivity contribution in [3.8, 4) is 5.69 Å². The van der Waals surface area contributed by atoms with E-state index in [-0.39, 0.29) is 4.91 Å². The van der Waals surface area contributed by atoms with Gasteiger partial charge in [-0.1, -0.05) is 25.5 Å². The first-order valence-corrected chi connectivity index (χ1v) is 10.4. The molecule has 0 spiro atoms. The van der Waals surface area contributed by atoms with Gasteiger partial charge in [0, 0.05) is 17.1 Å². The molecule has 29 heavy (non-hydrogen) atoms. The van der Waals surface area contributed by atoms with E-state index in [0.717, 1.165) is 45.7 Å². The van der Waals surface area contributed by atoms with Crippen LogP contribution in [0.15, 0.2) is 35.2 Å². The van der Waals surface area contributed by atoms with Crippen molar-refractivity contribution in [1.29, 1.82) is 0 Å². The molecule has 2 heterocycles. The lowest BCUT2D eigenvalue weighted by atomic mass is 10.1. The van der Waals surface area contributed by atoms with Gasteiger partial charge in [-0.3, -0.25) is 19.3 Å². The monoisotopic (exact) mass is 412 g/mol. The lowest BCUT2D eigenvalue weighted by molar-refractivity contribution is -0.140. The molecular formula is C22H24N2O4S. The second kappa shape index (κ2) is 8.69. The molecule has 7 heteroatoms. The predicted molar refractivity (Wildman–Crippen MR) is 114 cm³/mol. The average Bonchev–Trinajstić information content (AvgIpc) is 3.10. The SMILES string of the molecule is CCCCc1ccc(-n2c(C)cc(/C=C3/SC(=O)N(CC(=O)O)C3=O)c2C)cc1. The van der Waals surface area contributed by atoms with E-state index in [1.165, 1.54) is 18.4 Å². The number of carbonyl (C=O) groups is 3. The molecule has 2 amide bonds. The number of thioether (sulfide) groups is 1. The standard InChI is InChI=1S/C22H24N2O4S/c1-4-5-6-16-7-9-18(10-8-16)24-14(2)11-17(15(24)3)12-19-21(27)23(13-20(25)26)22(28)29-19/h7-12H,4-6,13H2,1-3H3,(H,25,26)/b19-12+. The highest BCUT2D eigenvalue weighted by molar-refractivity contribution is 8.18. The van der Waals surface area contributed by atoms with Crippen LogP contribution in [-0.4, -0.2) is 38.2 Å². The van der Waals surface area contributed by atoms with Gasteiger partial charge in [0.25, 0.3) is 11.1 Å². The van der Waals surface area contributed by atoms with Gasteiger partial charge in [0.1, 0.15) is 6.54 Å². The second-order valence-electron chi connectivity index (χ2n) is 7.09. The summed E-state index contributed by atoms with van der Waals surface area (Å²) in [4.78, 5) is 36.2. The van der Waals surface area contributed by atoms with E-state index >= 15 is 0 Å². The molecule has 1 saturated heterocycles. The quantitative estimate of drug-likeness (QED) is 0.675. The summed E-state index contributed by atoms with van der Waals surface area (Å²) in [6.45, 7) is 5.51. The van der Waals surface area contributed by atoms with Crippen molar-refractivity contribution in [3.63, 3.8) is 0 Å². The fourth-order valence-electron chi connectivity index (χ4n) is 3.44. The Morgan fingerprint density at radius 2 is 1.86 bits per heavy atom. The summed E-state index contributed by atoms with van der Waals surface area (Å²) in [6.07, 6.45) is 5.07. The highest BCUT2D eigenvalue weighted by Gasteiger charge is 2.36. The Morgan fingerprint density at radius 3 is 2.48 bits per heavy atom. The lowest BCUT2D eigenvalue weighted by Crippen LogP contribution is -2.33. The number of aliphatic carboxylic acids is 1. The fraction of sp³-hybridized carbons (Fsp3) is 0.318. The number of nitrogens with zero attached hydrogens (tertiary/aromatic N) is 2. The van der Waals surface area contributed by atoms with Crippen molar-refractivity contribution >= 4 is 35.0 Å². The van der Waals surface area contributed by atoms with Crippen LogP contribution in [0.4, 0.5) is 4.79 Å². The van der Waals surface area contributed by atoms with Gasteiger partial charge in [-0.15, -0.1) is 0 Å². The molecule has 1 fully saturated rings. The third-order valence-electron chi connectivity index (χ3n) is 4.94. The largest absolute Gasteiger partial charge is 0.480 e. The third kappa shape index (κ3) is 4.45. The first-order chi connectivity index (χ1) is 13.8. The highest BCUT2D eigenvalue weighted by Crippen LogP contribution is 2.33. The maximum absolute atomic E-state index is 12.4. The van der Waals surface area contributed by atoms with Crippen LogP contribution in [0, 0.1) is 13.8 Å². The maximum Gasteiger partial charge on any atom is 0.323 e. The van der Waals surface area contributed by atoms with Crippen LogP contribution in [-0.2, 0) is 16.0 Å². The lowest BCUT2D eigenvalue weighted by Gasteiger charge is -2.11. The van der Waals surface area contributed by atoms with Gasteiger partial charge in [-0.25, -0.2) is 0 Å². The molecule has 0 radical (unpaired) electrons. The minimum absolute atomic E-state index is 0.242. The molecule has 6 nitrogen and oxygen atoms in total. The molecule has 1 aromatic heterocycles. The summed E-state index contributed by atoms with van der Waals surface area (Å²) < 4.78 is 2.11. The summed E-state index contributed by atoms with van der Waals surface area (Å²) in [5, 5.41) is 8.33. The summed E-state index contributed by atoms with van der Waals surface area (Å²) >= 11 is 0.774. The fourth-order valence-corrected chi connectivity index (χ4v) is 4.27. The normalized spacial score (nSPS) is 15.6. The Balaban J connectivity index is 1.88. The van der Waals surface area contributed by atoms with Gasteiger partial charge in [-0.2, -0.15) is 0 Å². The summed E-state index contributed by atoms with van der Waals surface area (Å²) in [7, 11) is 0. The Hall–Kier alpha value is -2.80. The van der Waals surface area contributed by atoms with E-state index in [9.17, 15) is 14.4 Å². The van der Waals surface area contributed by atoms with Crippen LogP contribution in [0.25, 0.3) is 11.8 Å². The van der Waals surface area contributed by atoms with Gasteiger partial charge < -0.3 is 9.67 Å². The maximum atomic E-state index is 12.4. The molecule has 1 N–H and O–H groups in total. The minimum atomic E-state index is -1.21. The Bertz CT molecular complexity index is 989.